The van der Waals surface area contributed by atoms with Crippen LogP contribution in [0.2, 0.25) is 0 Å². The summed E-state index contributed by atoms with van der Waals surface area (Å²) in [7, 11) is 1.58. The zero-order valence-corrected chi connectivity index (χ0v) is 10.5. The van der Waals surface area contributed by atoms with E-state index in [4.69, 9.17) is 10.6 Å². The Kier molecular flexibility index (Phi) is 6.14. The first kappa shape index (κ1) is 13.2. The fourth-order valence-electron chi connectivity index (χ4n) is 1.28. The molecule has 0 radical (unpaired) electrons. The molecule has 0 saturated carbocycles. The number of hydrogen-bond donors (Lipinski definition) is 2. The van der Waals surface area contributed by atoms with E-state index in [1.807, 2.05) is 11.8 Å². The summed E-state index contributed by atoms with van der Waals surface area (Å²) in [6.45, 7) is 2.15. The second-order valence-electron chi connectivity index (χ2n) is 3.25. The standard InChI is InChI=1S/C10H18N4OS/c1-3-6-16-7-8(14-11)9-10(15-2)13-5-4-12-9/h4-5,8,14H,3,6-7,11H2,1-2H3. The van der Waals surface area contributed by atoms with E-state index >= 15 is 0 Å². The minimum absolute atomic E-state index is 0.0276. The van der Waals surface area contributed by atoms with Crippen LogP contribution in [-0.4, -0.2) is 28.6 Å². The van der Waals surface area contributed by atoms with Gasteiger partial charge in [-0.15, -0.1) is 0 Å². The van der Waals surface area contributed by atoms with Crippen LogP contribution in [0.4, 0.5) is 0 Å². The lowest BCUT2D eigenvalue weighted by Crippen LogP contribution is -2.31. The van der Waals surface area contributed by atoms with Crippen molar-refractivity contribution in [2.24, 2.45) is 5.84 Å². The summed E-state index contributed by atoms with van der Waals surface area (Å²) in [6.07, 6.45) is 4.40. The average Bonchev–Trinajstić information content (AvgIpc) is 2.35. The van der Waals surface area contributed by atoms with E-state index in [2.05, 4.69) is 22.3 Å². The highest BCUT2D eigenvalue weighted by molar-refractivity contribution is 7.99. The zero-order chi connectivity index (χ0) is 11.8. The van der Waals surface area contributed by atoms with Gasteiger partial charge < -0.3 is 4.74 Å². The monoisotopic (exact) mass is 242 g/mol. The van der Waals surface area contributed by atoms with Crippen LogP contribution in [0.5, 0.6) is 5.88 Å². The molecular weight excluding hydrogens is 224 g/mol. The Balaban J connectivity index is 2.69. The largest absolute Gasteiger partial charge is 0.480 e. The summed E-state index contributed by atoms with van der Waals surface area (Å²) >= 11 is 1.83. The van der Waals surface area contributed by atoms with Gasteiger partial charge in [-0.3, -0.25) is 16.3 Å². The van der Waals surface area contributed by atoms with Crippen LogP contribution >= 0.6 is 11.8 Å². The molecule has 0 spiro atoms. The van der Waals surface area contributed by atoms with E-state index in [0.717, 1.165) is 23.6 Å². The first-order valence-electron chi connectivity index (χ1n) is 5.22. The molecule has 16 heavy (non-hydrogen) atoms. The Bertz CT molecular complexity index is 311. The summed E-state index contributed by atoms with van der Waals surface area (Å²) in [6, 6.07) is -0.0276. The first-order chi connectivity index (χ1) is 7.83. The van der Waals surface area contributed by atoms with Crippen molar-refractivity contribution in [2.45, 2.75) is 19.4 Å². The molecule has 0 aliphatic rings. The van der Waals surface area contributed by atoms with Gasteiger partial charge >= 0.3 is 0 Å². The Morgan fingerprint density at radius 3 is 2.88 bits per heavy atom. The fourth-order valence-corrected chi connectivity index (χ4v) is 2.23. The van der Waals surface area contributed by atoms with Gasteiger partial charge in [0, 0.05) is 18.1 Å². The molecule has 1 heterocycles. The van der Waals surface area contributed by atoms with E-state index in [1.54, 1.807) is 19.5 Å². The normalized spacial score (nSPS) is 12.4. The molecular formula is C10H18N4OS. The van der Waals surface area contributed by atoms with Crippen LogP contribution in [0, 0.1) is 0 Å². The number of rotatable bonds is 7. The van der Waals surface area contributed by atoms with Crippen molar-refractivity contribution in [3.8, 4) is 5.88 Å². The zero-order valence-electron chi connectivity index (χ0n) is 9.64. The predicted octanol–water partition coefficient (Wildman–Crippen LogP) is 1.13. The smallest absolute Gasteiger partial charge is 0.237 e. The molecule has 1 aromatic rings. The molecule has 1 atom stereocenters. The summed E-state index contributed by atoms with van der Waals surface area (Å²) in [4.78, 5) is 8.36. The molecule has 1 aromatic heterocycles. The summed E-state index contributed by atoms with van der Waals surface area (Å²) < 4.78 is 5.16. The second kappa shape index (κ2) is 7.43. The molecule has 0 aliphatic carbocycles. The number of hydrazine groups is 1. The molecule has 1 rings (SSSR count). The Labute approximate surface area is 100 Å². The van der Waals surface area contributed by atoms with Crippen molar-refractivity contribution in [1.29, 1.82) is 0 Å². The van der Waals surface area contributed by atoms with Crippen LogP contribution < -0.4 is 16.0 Å². The highest BCUT2D eigenvalue weighted by Crippen LogP contribution is 2.22. The molecule has 0 fully saturated rings. The number of ether oxygens (including phenoxy) is 1. The third-order valence-electron chi connectivity index (χ3n) is 2.05. The maximum atomic E-state index is 5.52. The number of aromatic nitrogens is 2. The van der Waals surface area contributed by atoms with Crippen molar-refractivity contribution >= 4 is 11.8 Å². The van der Waals surface area contributed by atoms with Gasteiger partial charge in [0.25, 0.3) is 0 Å². The molecule has 0 aliphatic heterocycles. The topological polar surface area (TPSA) is 73.1 Å². The van der Waals surface area contributed by atoms with Gasteiger partial charge in [-0.2, -0.15) is 11.8 Å². The van der Waals surface area contributed by atoms with Crippen molar-refractivity contribution in [3.63, 3.8) is 0 Å². The highest BCUT2D eigenvalue weighted by Gasteiger charge is 2.16. The van der Waals surface area contributed by atoms with Gasteiger partial charge in [-0.25, -0.2) is 4.98 Å². The van der Waals surface area contributed by atoms with Crippen LogP contribution in [0.1, 0.15) is 25.1 Å². The molecule has 6 heteroatoms. The van der Waals surface area contributed by atoms with E-state index in [0.29, 0.717) is 5.88 Å². The third kappa shape index (κ3) is 3.62. The lowest BCUT2D eigenvalue weighted by atomic mass is 10.2. The maximum Gasteiger partial charge on any atom is 0.237 e. The molecule has 1 unspecified atom stereocenters. The van der Waals surface area contributed by atoms with Crippen LogP contribution in [0.25, 0.3) is 0 Å². The van der Waals surface area contributed by atoms with Gasteiger partial charge in [0.2, 0.25) is 5.88 Å². The molecule has 0 saturated heterocycles. The van der Waals surface area contributed by atoms with E-state index in [9.17, 15) is 0 Å². The molecule has 5 nitrogen and oxygen atoms in total. The average molecular weight is 242 g/mol. The molecule has 3 N–H and O–H groups in total. The lowest BCUT2D eigenvalue weighted by Gasteiger charge is -2.16. The van der Waals surface area contributed by atoms with Gasteiger partial charge in [0.15, 0.2) is 0 Å². The summed E-state index contributed by atoms with van der Waals surface area (Å²) in [5.41, 5.74) is 3.51. The minimum atomic E-state index is -0.0276. The van der Waals surface area contributed by atoms with Gasteiger partial charge in [0.05, 0.1) is 13.2 Å². The number of nitrogens with zero attached hydrogens (tertiary/aromatic N) is 2. The number of nitrogens with two attached hydrogens (primary N) is 1. The third-order valence-corrected chi connectivity index (χ3v) is 3.31. The van der Waals surface area contributed by atoms with E-state index in [-0.39, 0.29) is 6.04 Å². The first-order valence-corrected chi connectivity index (χ1v) is 6.37. The van der Waals surface area contributed by atoms with Crippen molar-refractivity contribution in [2.75, 3.05) is 18.6 Å². The van der Waals surface area contributed by atoms with E-state index in [1.165, 1.54) is 0 Å². The number of thioether (sulfide) groups is 1. The van der Waals surface area contributed by atoms with Crippen LogP contribution in [-0.2, 0) is 0 Å². The Morgan fingerprint density at radius 2 is 2.25 bits per heavy atom. The highest BCUT2D eigenvalue weighted by atomic mass is 32.2. The quantitative estimate of drug-likeness (QED) is 0.424. The maximum absolute atomic E-state index is 5.52. The van der Waals surface area contributed by atoms with Gasteiger partial charge in [-0.05, 0) is 12.2 Å². The second-order valence-corrected chi connectivity index (χ2v) is 4.39. The minimum Gasteiger partial charge on any atom is -0.480 e. The lowest BCUT2D eigenvalue weighted by molar-refractivity contribution is 0.381. The Hall–Kier alpha value is -0.850. The van der Waals surface area contributed by atoms with Crippen molar-refractivity contribution in [3.05, 3.63) is 18.1 Å². The van der Waals surface area contributed by atoms with Gasteiger partial charge in [-0.1, -0.05) is 6.92 Å². The van der Waals surface area contributed by atoms with Crippen LogP contribution in [0.3, 0.4) is 0 Å². The number of methoxy groups -OCH3 is 1. The Morgan fingerprint density at radius 1 is 1.50 bits per heavy atom. The predicted molar refractivity (Wildman–Crippen MR) is 66.3 cm³/mol. The molecule has 90 valence electrons. The molecule has 0 bridgehead atoms. The summed E-state index contributed by atoms with van der Waals surface area (Å²) in [5, 5.41) is 0. The molecule has 0 aromatic carbocycles. The SMILES string of the molecule is CCCSCC(NN)c1nccnc1OC. The van der Waals surface area contributed by atoms with Crippen molar-refractivity contribution in [1.82, 2.24) is 15.4 Å². The number of nitrogens with one attached hydrogen (secondary N) is 1. The fraction of sp³-hybridized carbons (Fsp3) is 0.600. The van der Waals surface area contributed by atoms with Crippen molar-refractivity contribution < 1.29 is 4.74 Å². The number of hydrogen-bond acceptors (Lipinski definition) is 6. The van der Waals surface area contributed by atoms with E-state index < -0.39 is 0 Å². The summed E-state index contributed by atoms with van der Waals surface area (Å²) in [5.74, 6) is 8.03. The van der Waals surface area contributed by atoms with Crippen LogP contribution in [0.15, 0.2) is 12.4 Å². The van der Waals surface area contributed by atoms with Gasteiger partial charge in [0.1, 0.15) is 5.69 Å². The molecule has 0 amide bonds.